The Kier molecular flexibility index (Phi) is 8.74. The fourth-order valence-corrected chi connectivity index (χ4v) is 3.77. The van der Waals surface area contributed by atoms with Crippen molar-refractivity contribution in [3.63, 3.8) is 0 Å². The number of benzene rings is 1. The number of aliphatic hydroxyl groups is 1. The van der Waals surface area contributed by atoms with E-state index < -0.39 is 17.5 Å². The zero-order valence-electron chi connectivity index (χ0n) is 16.8. The lowest BCUT2D eigenvalue weighted by Crippen LogP contribution is -2.56. The lowest BCUT2D eigenvalue weighted by Gasteiger charge is -2.43. The number of carbonyl (C=O) groups is 1. The molecule has 5 nitrogen and oxygen atoms in total. The van der Waals surface area contributed by atoms with E-state index in [1.807, 2.05) is 18.2 Å². The van der Waals surface area contributed by atoms with Crippen molar-refractivity contribution < 1.29 is 19.7 Å². The van der Waals surface area contributed by atoms with Crippen LogP contribution < -0.4 is 0 Å². The van der Waals surface area contributed by atoms with E-state index in [4.69, 9.17) is 4.74 Å². The largest absolute Gasteiger partial charge is 0.481 e. The van der Waals surface area contributed by atoms with Crippen LogP contribution in [0.3, 0.4) is 0 Å². The molecule has 1 aliphatic heterocycles. The molecule has 1 fully saturated rings. The van der Waals surface area contributed by atoms with Crippen molar-refractivity contribution in [2.45, 2.75) is 58.7 Å². The predicted molar refractivity (Wildman–Crippen MR) is 107 cm³/mol. The molecule has 1 aliphatic rings. The Morgan fingerprint density at radius 3 is 2.70 bits per heavy atom. The summed E-state index contributed by atoms with van der Waals surface area (Å²) < 4.78 is 5.72. The summed E-state index contributed by atoms with van der Waals surface area (Å²) in [5.41, 5.74) is 0.158. The minimum Gasteiger partial charge on any atom is -0.481 e. The normalized spacial score (nSPS) is 23.6. The zero-order chi connectivity index (χ0) is 19.7. The topological polar surface area (TPSA) is 70.0 Å². The van der Waals surface area contributed by atoms with Gasteiger partial charge in [0.2, 0.25) is 0 Å². The standard InChI is InChI=1S/C22H35NO4/c1-18(2)10-12-22(21(25)26)17-23(14-11-20(22)24)13-6-7-15-27-16-19-8-4-3-5-9-19/h3-5,8-9,18,20,24H,6-7,10-17H2,1-2H3,(H,25,26)/t20-,22-/m1/s1. The lowest BCUT2D eigenvalue weighted by atomic mass is 9.72. The van der Waals surface area contributed by atoms with Gasteiger partial charge in [0.05, 0.1) is 12.7 Å². The van der Waals surface area contributed by atoms with Gasteiger partial charge >= 0.3 is 5.97 Å². The number of aliphatic hydroxyl groups excluding tert-OH is 1. The summed E-state index contributed by atoms with van der Waals surface area (Å²) in [5.74, 6) is -0.419. The maximum absolute atomic E-state index is 12.0. The molecule has 5 heteroatoms. The number of unbranched alkanes of at least 4 members (excludes halogenated alkanes) is 1. The number of carboxylic acids is 1. The van der Waals surface area contributed by atoms with Crippen LogP contribution in [0.4, 0.5) is 0 Å². The van der Waals surface area contributed by atoms with E-state index in [0.717, 1.165) is 32.4 Å². The Bertz CT molecular complexity index is 563. The molecule has 1 aromatic carbocycles. The molecule has 0 aliphatic carbocycles. The zero-order valence-corrected chi connectivity index (χ0v) is 16.8. The van der Waals surface area contributed by atoms with Gasteiger partial charge in [0, 0.05) is 19.7 Å². The van der Waals surface area contributed by atoms with Gasteiger partial charge in [-0.2, -0.15) is 0 Å². The Hall–Kier alpha value is -1.43. The maximum Gasteiger partial charge on any atom is 0.313 e. The van der Waals surface area contributed by atoms with Crippen molar-refractivity contribution >= 4 is 5.97 Å². The second-order valence-corrected chi connectivity index (χ2v) is 8.22. The van der Waals surface area contributed by atoms with Gasteiger partial charge in [0.1, 0.15) is 5.41 Å². The van der Waals surface area contributed by atoms with E-state index in [1.165, 1.54) is 5.56 Å². The molecule has 0 radical (unpaired) electrons. The first-order valence-electron chi connectivity index (χ1n) is 10.2. The van der Waals surface area contributed by atoms with Crippen LogP contribution in [0.5, 0.6) is 0 Å². The first-order valence-corrected chi connectivity index (χ1v) is 10.2. The van der Waals surface area contributed by atoms with Gasteiger partial charge in [-0.3, -0.25) is 4.79 Å². The van der Waals surface area contributed by atoms with Crippen LogP contribution >= 0.6 is 0 Å². The van der Waals surface area contributed by atoms with Crippen LogP contribution in [0, 0.1) is 11.3 Å². The molecule has 0 aromatic heterocycles. The van der Waals surface area contributed by atoms with Gasteiger partial charge in [-0.1, -0.05) is 44.2 Å². The van der Waals surface area contributed by atoms with Gasteiger partial charge in [-0.05, 0) is 50.1 Å². The number of hydrogen-bond donors (Lipinski definition) is 2. The Labute approximate surface area is 163 Å². The van der Waals surface area contributed by atoms with Crippen LogP contribution in [0.1, 0.15) is 51.5 Å². The maximum atomic E-state index is 12.0. The van der Waals surface area contributed by atoms with E-state index in [-0.39, 0.29) is 0 Å². The predicted octanol–water partition coefficient (Wildman–Crippen LogP) is 3.56. The van der Waals surface area contributed by atoms with E-state index >= 15 is 0 Å². The van der Waals surface area contributed by atoms with Crippen molar-refractivity contribution in [3.8, 4) is 0 Å². The highest BCUT2D eigenvalue weighted by atomic mass is 16.5. The number of rotatable bonds is 11. The van der Waals surface area contributed by atoms with Gasteiger partial charge in [-0.25, -0.2) is 0 Å². The minimum atomic E-state index is -1.02. The van der Waals surface area contributed by atoms with Crippen molar-refractivity contribution in [1.82, 2.24) is 4.90 Å². The van der Waals surface area contributed by atoms with Gasteiger partial charge < -0.3 is 19.8 Å². The fraction of sp³-hybridized carbons (Fsp3) is 0.682. The molecule has 0 spiro atoms. The van der Waals surface area contributed by atoms with Crippen molar-refractivity contribution in [2.75, 3.05) is 26.2 Å². The average molecular weight is 378 g/mol. The van der Waals surface area contributed by atoms with Gasteiger partial charge in [0.25, 0.3) is 0 Å². The molecule has 0 unspecified atom stereocenters. The molecule has 0 bridgehead atoms. The third kappa shape index (κ3) is 6.59. The minimum absolute atomic E-state index is 0.436. The lowest BCUT2D eigenvalue weighted by molar-refractivity contribution is -0.164. The van der Waals surface area contributed by atoms with E-state index in [2.05, 4.69) is 30.9 Å². The van der Waals surface area contributed by atoms with Crippen LogP contribution in [0.2, 0.25) is 0 Å². The van der Waals surface area contributed by atoms with Crippen molar-refractivity contribution in [2.24, 2.45) is 11.3 Å². The summed E-state index contributed by atoms with van der Waals surface area (Å²) in [6, 6.07) is 10.1. The van der Waals surface area contributed by atoms with Gasteiger partial charge in [-0.15, -0.1) is 0 Å². The summed E-state index contributed by atoms with van der Waals surface area (Å²) in [6.07, 6.45) is 3.08. The SMILES string of the molecule is CC(C)CC[C@@]1(C(=O)O)CN(CCCCOCc2ccccc2)CC[C@H]1O. The molecule has 2 atom stereocenters. The number of nitrogens with zero attached hydrogens (tertiary/aromatic N) is 1. The van der Waals surface area contributed by atoms with Crippen LogP contribution in [-0.4, -0.2) is 53.4 Å². The molecule has 1 saturated heterocycles. The van der Waals surface area contributed by atoms with E-state index in [1.54, 1.807) is 0 Å². The van der Waals surface area contributed by atoms with E-state index in [9.17, 15) is 15.0 Å². The van der Waals surface area contributed by atoms with Gasteiger partial charge in [0.15, 0.2) is 0 Å². The summed E-state index contributed by atoms with van der Waals surface area (Å²) in [5, 5.41) is 20.3. The molecule has 0 amide bonds. The van der Waals surface area contributed by atoms with Crippen LogP contribution in [0.25, 0.3) is 0 Å². The second-order valence-electron chi connectivity index (χ2n) is 8.22. The number of hydrogen-bond acceptors (Lipinski definition) is 4. The molecule has 2 rings (SSSR count). The second kappa shape index (κ2) is 10.8. The number of piperidine rings is 1. The highest BCUT2D eigenvalue weighted by Gasteiger charge is 2.48. The summed E-state index contributed by atoms with van der Waals surface area (Å²) in [7, 11) is 0. The summed E-state index contributed by atoms with van der Waals surface area (Å²) in [4.78, 5) is 14.2. The molecule has 27 heavy (non-hydrogen) atoms. The van der Waals surface area contributed by atoms with Crippen molar-refractivity contribution in [1.29, 1.82) is 0 Å². The first-order chi connectivity index (χ1) is 12.9. The molecule has 1 heterocycles. The number of carboxylic acid groups (broad SMARTS) is 1. The van der Waals surface area contributed by atoms with Crippen molar-refractivity contribution in [3.05, 3.63) is 35.9 Å². The molecular formula is C22H35NO4. The fourth-order valence-electron chi connectivity index (χ4n) is 3.77. The number of ether oxygens (including phenoxy) is 1. The summed E-state index contributed by atoms with van der Waals surface area (Å²) >= 11 is 0. The number of aliphatic carboxylic acids is 1. The molecule has 1 aromatic rings. The highest BCUT2D eigenvalue weighted by Crippen LogP contribution is 2.36. The number of likely N-dealkylation sites (tertiary alicyclic amines) is 1. The first kappa shape index (κ1) is 21.9. The van der Waals surface area contributed by atoms with Crippen LogP contribution in [-0.2, 0) is 16.1 Å². The molecular weight excluding hydrogens is 342 g/mol. The van der Waals surface area contributed by atoms with E-state index in [0.29, 0.717) is 38.5 Å². The Morgan fingerprint density at radius 1 is 1.30 bits per heavy atom. The molecule has 2 N–H and O–H groups in total. The third-order valence-electron chi connectivity index (χ3n) is 5.58. The average Bonchev–Trinajstić information content (AvgIpc) is 2.65. The summed E-state index contributed by atoms with van der Waals surface area (Å²) in [6.45, 7) is 7.61. The monoisotopic (exact) mass is 377 g/mol. The molecule has 0 saturated carbocycles. The Balaban J connectivity index is 1.73. The Morgan fingerprint density at radius 2 is 2.04 bits per heavy atom. The third-order valence-corrected chi connectivity index (χ3v) is 5.58. The smallest absolute Gasteiger partial charge is 0.313 e. The molecule has 152 valence electrons. The highest BCUT2D eigenvalue weighted by molar-refractivity contribution is 5.76. The van der Waals surface area contributed by atoms with Crippen LogP contribution in [0.15, 0.2) is 30.3 Å². The quantitative estimate of drug-likeness (QED) is 0.577.